The first kappa shape index (κ1) is 27.2. The molecule has 36 heavy (non-hydrogen) atoms. The molecule has 0 aliphatic carbocycles. The zero-order chi connectivity index (χ0) is 26.1. The molecule has 0 saturated carbocycles. The molecule has 0 radical (unpaired) electrons. The van der Waals surface area contributed by atoms with Crippen LogP contribution in [-0.4, -0.2) is 64.4 Å². The van der Waals surface area contributed by atoms with Crippen LogP contribution in [0, 0.1) is 0 Å². The molecule has 0 spiro atoms. The monoisotopic (exact) mass is 515 g/mol. The van der Waals surface area contributed by atoms with Gasteiger partial charge in [-0.05, 0) is 62.6 Å². The highest BCUT2D eigenvalue weighted by Gasteiger charge is 2.40. The second-order valence-corrected chi connectivity index (χ2v) is 9.28. The molecule has 0 aromatic heterocycles. The SMILES string of the molecule is CN1C2CCC1CC(OC(=O)C(Cc1ccccc1)Oc1ccc(Cl)cc1)C2.O=C(O)/C=C\C(=O)O. The summed E-state index contributed by atoms with van der Waals surface area (Å²) in [7, 11) is 2.18. The molecule has 2 bridgehead atoms. The lowest BCUT2D eigenvalue weighted by Gasteiger charge is -2.36. The van der Waals surface area contributed by atoms with Crippen LogP contribution in [0.3, 0.4) is 0 Å². The molecule has 2 fully saturated rings. The van der Waals surface area contributed by atoms with Crippen LogP contribution in [0.4, 0.5) is 0 Å². The van der Waals surface area contributed by atoms with Crippen molar-refractivity contribution in [2.24, 2.45) is 0 Å². The van der Waals surface area contributed by atoms with Crippen molar-refractivity contribution in [1.82, 2.24) is 4.90 Å². The van der Waals surface area contributed by atoms with E-state index >= 15 is 0 Å². The number of carboxylic acid groups (broad SMARTS) is 2. The molecule has 4 rings (SSSR count). The number of hydrogen-bond donors (Lipinski definition) is 2. The van der Waals surface area contributed by atoms with Gasteiger partial charge < -0.3 is 24.6 Å². The van der Waals surface area contributed by atoms with E-state index in [-0.39, 0.29) is 12.1 Å². The topological polar surface area (TPSA) is 113 Å². The van der Waals surface area contributed by atoms with Crippen LogP contribution in [0.5, 0.6) is 5.75 Å². The lowest BCUT2D eigenvalue weighted by molar-refractivity contribution is -0.160. The third-order valence-electron chi connectivity index (χ3n) is 6.33. The van der Waals surface area contributed by atoms with Gasteiger partial charge in [-0.25, -0.2) is 14.4 Å². The number of piperidine rings is 1. The van der Waals surface area contributed by atoms with Gasteiger partial charge in [0.15, 0.2) is 6.10 Å². The Bertz CT molecular complexity index is 1030. The van der Waals surface area contributed by atoms with Gasteiger partial charge in [0.1, 0.15) is 11.9 Å². The van der Waals surface area contributed by atoms with Gasteiger partial charge in [0.05, 0.1) is 0 Å². The number of ether oxygens (including phenoxy) is 2. The predicted octanol–water partition coefficient (Wildman–Crippen LogP) is 4.21. The Hall–Kier alpha value is -3.36. The Morgan fingerprint density at radius 3 is 2.06 bits per heavy atom. The lowest BCUT2D eigenvalue weighted by atomic mass is 10.0. The third-order valence-corrected chi connectivity index (χ3v) is 6.58. The zero-order valence-electron chi connectivity index (χ0n) is 20.0. The first-order chi connectivity index (χ1) is 17.2. The Morgan fingerprint density at radius 2 is 1.53 bits per heavy atom. The Morgan fingerprint density at radius 1 is 0.972 bits per heavy atom. The molecule has 2 N–H and O–H groups in total. The largest absolute Gasteiger partial charge is 0.478 e. The van der Waals surface area contributed by atoms with Crippen LogP contribution in [0.1, 0.15) is 31.2 Å². The fourth-order valence-electron chi connectivity index (χ4n) is 4.52. The van der Waals surface area contributed by atoms with Crippen molar-refractivity contribution < 1.29 is 34.1 Å². The van der Waals surface area contributed by atoms with Crippen molar-refractivity contribution in [2.75, 3.05) is 7.05 Å². The summed E-state index contributed by atoms with van der Waals surface area (Å²) in [5, 5.41) is 16.3. The molecule has 2 aromatic rings. The molecule has 3 unspecified atom stereocenters. The van der Waals surface area contributed by atoms with Crippen molar-refractivity contribution in [3.05, 3.63) is 77.3 Å². The molecular weight excluding hydrogens is 486 g/mol. The first-order valence-corrected chi connectivity index (χ1v) is 12.1. The van der Waals surface area contributed by atoms with Crippen LogP contribution in [0.25, 0.3) is 0 Å². The summed E-state index contributed by atoms with van der Waals surface area (Å²) in [5.41, 5.74) is 1.04. The second kappa shape index (κ2) is 13.1. The highest BCUT2D eigenvalue weighted by atomic mass is 35.5. The minimum Gasteiger partial charge on any atom is -0.478 e. The van der Waals surface area contributed by atoms with E-state index in [2.05, 4.69) is 11.9 Å². The molecule has 3 atom stereocenters. The molecule has 2 aliphatic heterocycles. The van der Waals surface area contributed by atoms with Crippen molar-refractivity contribution >= 4 is 29.5 Å². The average Bonchev–Trinajstić information content (AvgIpc) is 3.04. The van der Waals surface area contributed by atoms with Gasteiger partial charge in [0, 0.05) is 35.7 Å². The quantitative estimate of drug-likeness (QED) is 0.397. The van der Waals surface area contributed by atoms with Gasteiger partial charge in [-0.15, -0.1) is 0 Å². The molecule has 192 valence electrons. The van der Waals surface area contributed by atoms with Gasteiger partial charge in [-0.2, -0.15) is 0 Å². The molecule has 2 aromatic carbocycles. The number of nitrogens with zero attached hydrogens (tertiary/aromatic N) is 1. The number of benzene rings is 2. The van der Waals surface area contributed by atoms with E-state index in [4.69, 9.17) is 31.3 Å². The number of hydrogen-bond acceptors (Lipinski definition) is 6. The smallest absolute Gasteiger partial charge is 0.347 e. The van der Waals surface area contributed by atoms with Gasteiger partial charge in [0.25, 0.3) is 0 Å². The van der Waals surface area contributed by atoms with Gasteiger partial charge in [-0.1, -0.05) is 41.9 Å². The van der Waals surface area contributed by atoms with E-state index in [1.165, 1.54) is 12.8 Å². The van der Waals surface area contributed by atoms with E-state index < -0.39 is 18.0 Å². The number of halogens is 1. The van der Waals surface area contributed by atoms with Crippen LogP contribution < -0.4 is 4.74 Å². The van der Waals surface area contributed by atoms with E-state index in [9.17, 15) is 14.4 Å². The van der Waals surface area contributed by atoms with Crippen LogP contribution in [-0.2, 0) is 25.5 Å². The van der Waals surface area contributed by atoms with Gasteiger partial charge in [-0.3, -0.25) is 0 Å². The molecule has 9 heteroatoms. The summed E-state index contributed by atoms with van der Waals surface area (Å²) < 4.78 is 12.0. The van der Waals surface area contributed by atoms with Crippen molar-refractivity contribution in [3.63, 3.8) is 0 Å². The average molecular weight is 516 g/mol. The molecule has 2 aliphatic rings. The maximum Gasteiger partial charge on any atom is 0.347 e. The fourth-order valence-corrected chi connectivity index (χ4v) is 4.65. The van der Waals surface area contributed by atoms with E-state index in [0.29, 0.717) is 41.4 Å². The fraction of sp³-hybridized carbons (Fsp3) is 0.370. The normalized spacial score (nSPS) is 21.8. The second-order valence-electron chi connectivity index (χ2n) is 8.84. The van der Waals surface area contributed by atoms with Crippen LogP contribution >= 0.6 is 11.6 Å². The van der Waals surface area contributed by atoms with Crippen LogP contribution in [0.15, 0.2) is 66.7 Å². The number of carbonyl (C=O) groups is 3. The summed E-state index contributed by atoms with van der Waals surface area (Å²) in [6.07, 6.45) is 5.12. The predicted molar refractivity (Wildman–Crippen MR) is 134 cm³/mol. The minimum atomic E-state index is -1.26. The molecule has 2 saturated heterocycles. The van der Waals surface area contributed by atoms with Crippen molar-refractivity contribution in [2.45, 2.75) is 56.4 Å². The Balaban J connectivity index is 0.000000392. The molecule has 2 heterocycles. The number of carboxylic acids is 2. The summed E-state index contributed by atoms with van der Waals surface area (Å²) in [5.74, 6) is -2.18. The van der Waals surface area contributed by atoms with Crippen molar-refractivity contribution in [3.8, 4) is 5.75 Å². The zero-order valence-corrected chi connectivity index (χ0v) is 20.7. The number of carbonyl (C=O) groups excluding carboxylic acids is 1. The molecular formula is C27H30ClNO7. The number of rotatable bonds is 8. The van der Waals surface area contributed by atoms with E-state index in [1.54, 1.807) is 24.3 Å². The summed E-state index contributed by atoms with van der Waals surface area (Å²) >= 11 is 5.96. The first-order valence-electron chi connectivity index (χ1n) is 11.7. The number of fused-ring (bicyclic) bond motifs is 2. The number of esters is 1. The number of aliphatic carboxylic acids is 2. The summed E-state index contributed by atoms with van der Waals surface area (Å²) in [6, 6.07) is 18.0. The van der Waals surface area contributed by atoms with Crippen molar-refractivity contribution in [1.29, 1.82) is 0 Å². The van der Waals surface area contributed by atoms with E-state index in [1.807, 2.05) is 30.3 Å². The minimum absolute atomic E-state index is 0.0201. The lowest BCUT2D eigenvalue weighted by Crippen LogP contribution is -2.45. The maximum atomic E-state index is 13.0. The molecule has 8 nitrogen and oxygen atoms in total. The Labute approximate surface area is 215 Å². The summed E-state index contributed by atoms with van der Waals surface area (Å²) in [6.45, 7) is 0. The maximum absolute atomic E-state index is 13.0. The van der Waals surface area contributed by atoms with Crippen LogP contribution in [0.2, 0.25) is 5.02 Å². The summed E-state index contributed by atoms with van der Waals surface area (Å²) in [4.78, 5) is 34.6. The third kappa shape index (κ3) is 8.39. The Kier molecular flexibility index (Phi) is 9.90. The van der Waals surface area contributed by atoms with E-state index in [0.717, 1.165) is 18.4 Å². The highest BCUT2D eigenvalue weighted by molar-refractivity contribution is 6.30. The van der Waals surface area contributed by atoms with Gasteiger partial charge >= 0.3 is 17.9 Å². The molecule has 0 amide bonds. The standard InChI is InChI=1S/C23H26ClNO3.C4H4O4/c1-25-18-9-10-19(25)15-21(14-18)28-23(26)22(13-16-5-3-2-4-6-16)27-20-11-7-17(24)8-12-20;5-3(6)1-2-4(7)8/h2-8,11-12,18-19,21-22H,9-10,13-15H2,1H3;1-2H,(H,5,6)(H,7,8)/b;2-1-. The van der Waals surface area contributed by atoms with Gasteiger partial charge in [0.2, 0.25) is 0 Å². The highest BCUT2D eigenvalue weighted by Crippen LogP contribution is 2.35.